The number of halogens is 1. The van der Waals surface area contributed by atoms with Crippen molar-refractivity contribution >= 4 is 16.9 Å². The topological polar surface area (TPSA) is 77.8 Å². The van der Waals surface area contributed by atoms with Gasteiger partial charge in [0.15, 0.2) is 0 Å². The van der Waals surface area contributed by atoms with E-state index in [1.165, 1.54) is 12.1 Å². The summed E-state index contributed by atoms with van der Waals surface area (Å²) < 4.78 is 22.1. The first-order chi connectivity index (χ1) is 18.2. The summed E-state index contributed by atoms with van der Waals surface area (Å²) in [4.78, 5) is 18.8. The minimum Gasteiger partial charge on any atom is -0.475 e. The van der Waals surface area contributed by atoms with Crippen LogP contribution in [0.2, 0.25) is 0 Å². The fraction of sp³-hybridized carbons (Fsp3) is 0.241. The van der Waals surface area contributed by atoms with E-state index in [1.54, 1.807) is 18.3 Å². The van der Waals surface area contributed by atoms with Crippen LogP contribution >= 0.6 is 0 Å². The predicted molar refractivity (Wildman–Crippen MR) is 142 cm³/mol. The Morgan fingerprint density at radius 2 is 1.86 bits per heavy atom. The summed E-state index contributed by atoms with van der Waals surface area (Å²) >= 11 is 0. The zero-order valence-electron chi connectivity index (χ0n) is 20.6. The summed E-state index contributed by atoms with van der Waals surface area (Å²) in [6.45, 7) is 3.34. The van der Waals surface area contributed by atoms with Gasteiger partial charge in [-0.25, -0.2) is 24.3 Å². The van der Waals surface area contributed by atoms with E-state index in [-0.39, 0.29) is 11.9 Å². The van der Waals surface area contributed by atoms with Crippen LogP contribution in [0.4, 0.5) is 10.3 Å². The van der Waals surface area contributed by atoms with E-state index in [0.29, 0.717) is 18.4 Å². The lowest BCUT2D eigenvalue weighted by molar-refractivity contribution is 0.248. The Morgan fingerprint density at radius 3 is 2.73 bits per heavy atom. The van der Waals surface area contributed by atoms with Crippen LogP contribution in [0, 0.1) is 5.82 Å². The number of imidazole rings is 1. The number of hydrogen-bond acceptors (Lipinski definition) is 6. The van der Waals surface area contributed by atoms with Crippen LogP contribution in [0.3, 0.4) is 0 Å². The number of ether oxygens (including phenoxy) is 1. The Hall–Kier alpha value is -4.33. The van der Waals surface area contributed by atoms with Crippen molar-refractivity contribution in [1.29, 1.82) is 0 Å². The summed E-state index contributed by atoms with van der Waals surface area (Å²) in [6, 6.07) is 20.3. The number of para-hydroxylation sites is 1. The Labute approximate surface area is 214 Å². The Morgan fingerprint density at radius 1 is 1.00 bits per heavy atom. The molecule has 6 rings (SSSR count). The van der Waals surface area contributed by atoms with Crippen LogP contribution in [0.1, 0.15) is 31.6 Å². The number of rotatable bonds is 8. The molecule has 8 heteroatoms. The first-order valence-corrected chi connectivity index (χ1v) is 12.6. The zero-order chi connectivity index (χ0) is 25.2. The van der Waals surface area contributed by atoms with Crippen LogP contribution in [0.5, 0.6) is 5.88 Å². The third-order valence-electron chi connectivity index (χ3n) is 6.60. The molecule has 5 aromatic rings. The van der Waals surface area contributed by atoms with Crippen LogP contribution < -0.4 is 10.1 Å². The quantitative estimate of drug-likeness (QED) is 0.282. The lowest BCUT2D eigenvalue weighted by Gasteiger charge is -2.18. The van der Waals surface area contributed by atoms with Gasteiger partial charge < -0.3 is 14.6 Å². The Bertz CT molecular complexity index is 1550. The minimum atomic E-state index is -0.278. The molecule has 37 heavy (non-hydrogen) atoms. The second-order valence-electron chi connectivity index (χ2n) is 9.14. The van der Waals surface area contributed by atoms with Gasteiger partial charge in [0.05, 0.1) is 28.6 Å². The predicted octanol–water partition coefficient (Wildman–Crippen LogP) is 6.08. The molecule has 0 spiro atoms. The van der Waals surface area contributed by atoms with E-state index in [9.17, 15) is 4.39 Å². The van der Waals surface area contributed by atoms with Gasteiger partial charge in [-0.1, -0.05) is 25.1 Å². The maximum absolute atomic E-state index is 13.7. The van der Waals surface area contributed by atoms with Crippen molar-refractivity contribution in [2.24, 2.45) is 0 Å². The molecule has 3 aromatic heterocycles. The molecule has 0 bridgehead atoms. The molecule has 1 atom stereocenters. The molecule has 0 aliphatic carbocycles. The fourth-order valence-corrected chi connectivity index (χ4v) is 4.81. The van der Waals surface area contributed by atoms with Crippen LogP contribution in [-0.2, 0) is 6.42 Å². The standard InChI is InChI=1S/C29H27FN6O/c1-2-16-31-29-32-17-15-24(34-29)28-27(20-7-10-21(30)11-8-20)35-25-13-12-22(36(25)28)18-37-26-14-9-19-5-3-4-6-23(19)33-26/h3-11,14-15,17,22H,2,12-13,16,18H2,1H3,(H,31,32,34)/t22-/m1/s1. The summed E-state index contributed by atoms with van der Waals surface area (Å²) in [5, 5.41) is 4.35. The van der Waals surface area contributed by atoms with Crippen molar-refractivity contribution < 1.29 is 9.13 Å². The largest absolute Gasteiger partial charge is 0.475 e. The van der Waals surface area contributed by atoms with E-state index >= 15 is 0 Å². The summed E-state index contributed by atoms with van der Waals surface area (Å²) in [5.74, 6) is 1.86. The van der Waals surface area contributed by atoms with Crippen molar-refractivity contribution in [3.8, 4) is 28.5 Å². The number of nitrogens with zero attached hydrogens (tertiary/aromatic N) is 5. The smallest absolute Gasteiger partial charge is 0.223 e. The highest BCUT2D eigenvalue weighted by Crippen LogP contribution is 2.39. The number of aryl methyl sites for hydroxylation is 1. The van der Waals surface area contributed by atoms with Gasteiger partial charge in [0.1, 0.15) is 18.2 Å². The van der Waals surface area contributed by atoms with Gasteiger partial charge >= 0.3 is 0 Å². The van der Waals surface area contributed by atoms with E-state index in [2.05, 4.69) is 26.8 Å². The molecule has 0 saturated carbocycles. The molecule has 0 amide bonds. The van der Waals surface area contributed by atoms with Gasteiger partial charge in [-0.15, -0.1) is 0 Å². The normalized spacial score (nSPS) is 14.6. The summed E-state index contributed by atoms with van der Waals surface area (Å²) in [7, 11) is 0. The second kappa shape index (κ2) is 9.97. The lowest BCUT2D eigenvalue weighted by atomic mass is 10.1. The Kier molecular flexibility index (Phi) is 6.22. The third kappa shape index (κ3) is 4.62. The van der Waals surface area contributed by atoms with Gasteiger partial charge in [-0.2, -0.15) is 0 Å². The molecular formula is C29H27FN6O. The highest BCUT2D eigenvalue weighted by Gasteiger charge is 2.31. The third-order valence-corrected chi connectivity index (χ3v) is 6.60. The first kappa shape index (κ1) is 23.1. The number of nitrogens with one attached hydrogen (secondary N) is 1. The Balaban J connectivity index is 1.37. The van der Waals surface area contributed by atoms with E-state index < -0.39 is 0 Å². The number of fused-ring (bicyclic) bond motifs is 2. The molecule has 1 N–H and O–H groups in total. The molecule has 0 fully saturated rings. The molecule has 7 nitrogen and oxygen atoms in total. The van der Waals surface area contributed by atoms with Crippen molar-refractivity contribution in [3.63, 3.8) is 0 Å². The van der Waals surface area contributed by atoms with Gasteiger partial charge in [0.25, 0.3) is 0 Å². The molecular weight excluding hydrogens is 467 g/mol. The molecule has 0 unspecified atom stereocenters. The van der Waals surface area contributed by atoms with Crippen LogP contribution in [0.15, 0.2) is 72.9 Å². The minimum absolute atomic E-state index is 0.0574. The highest BCUT2D eigenvalue weighted by molar-refractivity contribution is 5.79. The van der Waals surface area contributed by atoms with Gasteiger partial charge in [-0.05, 0) is 55.3 Å². The molecule has 0 saturated heterocycles. The molecule has 2 aromatic carbocycles. The molecule has 4 heterocycles. The molecule has 0 radical (unpaired) electrons. The summed E-state index contributed by atoms with van der Waals surface area (Å²) in [5.41, 5.74) is 4.19. The SMILES string of the molecule is CCCNc1nccc(-c2c(-c3ccc(F)cc3)nc3n2[C@@H](COc2ccc4ccccc4n2)CC3)n1. The van der Waals surface area contributed by atoms with Gasteiger partial charge in [0, 0.05) is 36.2 Å². The van der Waals surface area contributed by atoms with Crippen molar-refractivity contribution in [1.82, 2.24) is 24.5 Å². The average molecular weight is 495 g/mol. The summed E-state index contributed by atoms with van der Waals surface area (Å²) in [6.07, 6.45) is 4.45. The number of anilines is 1. The average Bonchev–Trinajstić information content (AvgIpc) is 3.51. The number of pyridine rings is 1. The number of aromatic nitrogens is 5. The maximum atomic E-state index is 13.7. The maximum Gasteiger partial charge on any atom is 0.223 e. The molecule has 1 aliphatic heterocycles. The highest BCUT2D eigenvalue weighted by atomic mass is 19.1. The number of benzene rings is 2. The first-order valence-electron chi connectivity index (χ1n) is 12.6. The zero-order valence-corrected chi connectivity index (χ0v) is 20.6. The van der Waals surface area contributed by atoms with Crippen molar-refractivity contribution in [2.75, 3.05) is 18.5 Å². The van der Waals surface area contributed by atoms with Crippen LogP contribution in [-0.4, -0.2) is 37.7 Å². The molecule has 186 valence electrons. The van der Waals surface area contributed by atoms with Gasteiger partial charge in [0.2, 0.25) is 11.8 Å². The van der Waals surface area contributed by atoms with Crippen molar-refractivity contribution in [3.05, 3.63) is 84.6 Å². The second-order valence-corrected chi connectivity index (χ2v) is 9.14. The monoisotopic (exact) mass is 494 g/mol. The number of hydrogen-bond donors (Lipinski definition) is 1. The van der Waals surface area contributed by atoms with E-state index in [0.717, 1.165) is 65.2 Å². The van der Waals surface area contributed by atoms with E-state index in [4.69, 9.17) is 14.7 Å². The van der Waals surface area contributed by atoms with Crippen molar-refractivity contribution in [2.45, 2.75) is 32.2 Å². The lowest BCUT2D eigenvalue weighted by Crippen LogP contribution is -2.16. The molecule has 1 aliphatic rings. The van der Waals surface area contributed by atoms with Crippen LogP contribution in [0.25, 0.3) is 33.5 Å². The van der Waals surface area contributed by atoms with E-state index in [1.807, 2.05) is 42.5 Å². The fourth-order valence-electron chi connectivity index (χ4n) is 4.81. The van der Waals surface area contributed by atoms with Gasteiger partial charge in [-0.3, -0.25) is 0 Å².